The van der Waals surface area contributed by atoms with Crippen LogP contribution in [0.15, 0.2) is 97.1 Å². The first kappa shape index (κ1) is 29.6. The number of carbonyl (C=O) groups excluding carboxylic acids is 3. The van der Waals surface area contributed by atoms with Gasteiger partial charge in [-0.3, -0.25) is 9.59 Å². The Morgan fingerprint density at radius 3 is 2.09 bits per heavy atom. The number of piperazine rings is 1. The molecule has 222 valence electrons. The molecule has 3 aromatic carbocycles. The molecule has 1 N–H and O–H groups in total. The largest absolute Gasteiger partial charge is 0.444 e. The quantitative estimate of drug-likeness (QED) is 0.312. The molecule has 1 aliphatic heterocycles. The van der Waals surface area contributed by atoms with Crippen molar-refractivity contribution < 1.29 is 19.1 Å². The zero-order valence-electron chi connectivity index (χ0n) is 25.1. The van der Waals surface area contributed by atoms with Crippen LogP contribution in [0.4, 0.5) is 4.79 Å². The highest BCUT2D eigenvalue weighted by Gasteiger charge is 2.39. The molecule has 0 bridgehead atoms. The smallest absolute Gasteiger partial charge is 0.410 e. The number of para-hydroxylation sites is 1. The molecule has 0 spiro atoms. The van der Waals surface area contributed by atoms with Gasteiger partial charge in [0.1, 0.15) is 11.6 Å². The van der Waals surface area contributed by atoms with Crippen molar-refractivity contribution in [2.45, 2.75) is 45.9 Å². The second kappa shape index (κ2) is 12.6. The van der Waals surface area contributed by atoms with E-state index in [-0.39, 0.29) is 31.4 Å². The van der Waals surface area contributed by atoms with Crippen LogP contribution in [0.3, 0.4) is 0 Å². The Labute approximate surface area is 252 Å². The molecule has 1 atom stereocenters. The van der Waals surface area contributed by atoms with E-state index in [0.29, 0.717) is 12.1 Å². The van der Waals surface area contributed by atoms with Crippen molar-refractivity contribution in [1.29, 1.82) is 0 Å². The molecule has 3 amide bonds. The molecular formula is C35H38N4O4. The minimum absolute atomic E-state index is 0.0281. The topological polar surface area (TPSA) is 83.9 Å². The van der Waals surface area contributed by atoms with Gasteiger partial charge < -0.3 is 24.4 Å². The van der Waals surface area contributed by atoms with Crippen molar-refractivity contribution in [3.05, 3.63) is 114 Å². The van der Waals surface area contributed by atoms with Gasteiger partial charge in [0, 0.05) is 31.0 Å². The van der Waals surface area contributed by atoms with Gasteiger partial charge >= 0.3 is 6.09 Å². The predicted molar refractivity (Wildman–Crippen MR) is 167 cm³/mol. The zero-order valence-corrected chi connectivity index (χ0v) is 25.1. The number of amides is 3. The Hall–Kier alpha value is -4.85. The molecule has 1 aliphatic rings. The number of benzene rings is 3. The number of nitrogens with one attached hydrogen (secondary N) is 1. The molecule has 0 radical (unpaired) electrons. The van der Waals surface area contributed by atoms with Crippen LogP contribution in [0.5, 0.6) is 0 Å². The Balaban J connectivity index is 1.51. The maximum Gasteiger partial charge on any atom is 0.410 e. The van der Waals surface area contributed by atoms with Crippen molar-refractivity contribution in [3.63, 3.8) is 0 Å². The van der Waals surface area contributed by atoms with Crippen molar-refractivity contribution in [2.24, 2.45) is 0 Å². The fourth-order valence-corrected chi connectivity index (χ4v) is 5.39. The van der Waals surface area contributed by atoms with Gasteiger partial charge in [0.25, 0.3) is 5.91 Å². The van der Waals surface area contributed by atoms with Gasteiger partial charge in [-0.05, 0) is 57.0 Å². The Kier molecular flexibility index (Phi) is 8.66. The summed E-state index contributed by atoms with van der Waals surface area (Å²) in [7, 11) is 0. The zero-order chi connectivity index (χ0) is 30.6. The van der Waals surface area contributed by atoms with Crippen molar-refractivity contribution in [1.82, 2.24) is 19.7 Å². The first-order chi connectivity index (χ1) is 20.6. The molecular weight excluding hydrogens is 540 g/mol. The second-order valence-corrected chi connectivity index (χ2v) is 11.7. The highest BCUT2D eigenvalue weighted by Crippen LogP contribution is 2.32. The average molecular weight is 579 g/mol. The van der Waals surface area contributed by atoms with Crippen molar-refractivity contribution in [2.75, 3.05) is 19.6 Å². The number of hydrogen-bond acceptors (Lipinski definition) is 4. The summed E-state index contributed by atoms with van der Waals surface area (Å²) in [4.78, 5) is 44.3. The third-order valence-corrected chi connectivity index (χ3v) is 7.38. The van der Waals surface area contributed by atoms with E-state index < -0.39 is 17.7 Å². The number of carbonyl (C=O) groups is 3. The second-order valence-electron chi connectivity index (χ2n) is 11.7. The molecule has 0 saturated carbocycles. The molecule has 1 unspecified atom stereocenters. The normalized spacial score (nSPS) is 15.2. The van der Waals surface area contributed by atoms with Gasteiger partial charge in [-0.1, -0.05) is 78.9 Å². The average Bonchev–Trinajstić information content (AvgIpc) is 3.36. The maximum atomic E-state index is 14.5. The lowest BCUT2D eigenvalue weighted by atomic mass is 10.0. The lowest BCUT2D eigenvalue weighted by molar-refractivity contribution is -0.127. The highest BCUT2D eigenvalue weighted by atomic mass is 16.6. The number of aryl methyl sites for hydroxylation is 1. The van der Waals surface area contributed by atoms with E-state index in [2.05, 4.69) is 9.88 Å². The van der Waals surface area contributed by atoms with Crippen LogP contribution in [0.25, 0.3) is 16.9 Å². The van der Waals surface area contributed by atoms with E-state index in [1.807, 2.05) is 104 Å². The van der Waals surface area contributed by atoms with Gasteiger partial charge in [0.05, 0.1) is 17.8 Å². The number of rotatable bonds is 6. The molecule has 1 fully saturated rings. The third-order valence-electron chi connectivity index (χ3n) is 7.38. The first-order valence-electron chi connectivity index (χ1n) is 14.6. The molecule has 1 saturated heterocycles. The molecule has 1 aromatic heterocycles. The van der Waals surface area contributed by atoms with Crippen LogP contribution in [-0.2, 0) is 16.1 Å². The van der Waals surface area contributed by atoms with E-state index in [0.717, 1.165) is 28.2 Å². The standard InChI is InChI=1S/C35H38N4O4/c1-25-22-29(31(27-16-10-6-11-17-27)39(25)28-18-12-7-13-19-28)33(41)38-21-20-37(34(42)43-35(2,3)4)24-30(38)32(40)36-23-26-14-8-5-9-15-26/h5-19,22,30H,20-21,23-24H2,1-4H3,(H,36,40). The number of hydrogen-bond donors (Lipinski definition) is 1. The van der Waals surface area contributed by atoms with Crippen LogP contribution in [0.1, 0.15) is 42.4 Å². The van der Waals surface area contributed by atoms with E-state index >= 15 is 0 Å². The van der Waals surface area contributed by atoms with Crippen LogP contribution >= 0.6 is 0 Å². The van der Waals surface area contributed by atoms with Gasteiger partial charge in [-0.25, -0.2) is 4.79 Å². The summed E-state index contributed by atoms with van der Waals surface area (Å²) in [5.41, 5.74) is 4.23. The number of ether oxygens (including phenoxy) is 1. The molecule has 2 heterocycles. The van der Waals surface area contributed by atoms with E-state index in [1.165, 1.54) is 4.90 Å². The Morgan fingerprint density at radius 2 is 1.47 bits per heavy atom. The lowest BCUT2D eigenvalue weighted by Crippen LogP contribution is -2.61. The fourth-order valence-electron chi connectivity index (χ4n) is 5.39. The monoisotopic (exact) mass is 578 g/mol. The van der Waals surface area contributed by atoms with Gasteiger partial charge in [-0.15, -0.1) is 0 Å². The Bertz CT molecular complexity index is 1580. The Morgan fingerprint density at radius 1 is 0.860 bits per heavy atom. The van der Waals surface area contributed by atoms with Gasteiger partial charge in [0.15, 0.2) is 0 Å². The maximum absolute atomic E-state index is 14.5. The number of nitrogens with zero attached hydrogens (tertiary/aromatic N) is 3. The van der Waals surface area contributed by atoms with E-state index in [9.17, 15) is 14.4 Å². The first-order valence-corrected chi connectivity index (χ1v) is 14.6. The fraction of sp³-hybridized carbons (Fsp3) is 0.286. The summed E-state index contributed by atoms with van der Waals surface area (Å²) >= 11 is 0. The van der Waals surface area contributed by atoms with Crippen LogP contribution in [0.2, 0.25) is 0 Å². The molecule has 4 aromatic rings. The minimum Gasteiger partial charge on any atom is -0.444 e. The third kappa shape index (κ3) is 6.80. The summed E-state index contributed by atoms with van der Waals surface area (Å²) in [5, 5.41) is 2.98. The summed E-state index contributed by atoms with van der Waals surface area (Å²) in [6.07, 6.45) is -0.503. The van der Waals surface area contributed by atoms with E-state index in [4.69, 9.17) is 4.74 Å². The van der Waals surface area contributed by atoms with E-state index in [1.54, 1.807) is 25.7 Å². The van der Waals surface area contributed by atoms with Gasteiger partial charge in [0.2, 0.25) is 5.91 Å². The lowest BCUT2D eigenvalue weighted by Gasteiger charge is -2.40. The predicted octanol–water partition coefficient (Wildman–Crippen LogP) is 5.83. The minimum atomic E-state index is -0.901. The number of aromatic nitrogens is 1. The summed E-state index contributed by atoms with van der Waals surface area (Å²) in [6.45, 7) is 8.16. The van der Waals surface area contributed by atoms with Crippen LogP contribution in [0, 0.1) is 6.92 Å². The summed E-state index contributed by atoms with van der Waals surface area (Å²) in [6, 6.07) is 30.3. The molecule has 5 rings (SSSR count). The van der Waals surface area contributed by atoms with Crippen LogP contribution in [-0.4, -0.2) is 63.6 Å². The molecule has 8 heteroatoms. The van der Waals surface area contributed by atoms with Crippen molar-refractivity contribution in [3.8, 4) is 16.9 Å². The molecule has 8 nitrogen and oxygen atoms in total. The SMILES string of the molecule is Cc1cc(C(=O)N2CCN(C(=O)OC(C)(C)C)CC2C(=O)NCc2ccccc2)c(-c2ccccc2)n1-c1ccccc1. The highest BCUT2D eigenvalue weighted by molar-refractivity contribution is 6.03. The van der Waals surface area contributed by atoms with Crippen molar-refractivity contribution >= 4 is 17.9 Å². The van der Waals surface area contributed by atoms with Crippen LogP contribution < -0.4 is 5.32 Å². The molecule has 0 aliphatic carbocycles. The summed E-state index contributed by atoms with van der Waals surface area (Å²) in [5.74, 6) is -0.591. The van der Waals surface area contributed by atoms with Gasteiger partial charge in [-0.2, -0.15) is 0 Å². The molecule has 43 heavy (non-hydrogen) atoms. The summed E-state index contributed by atoms with van der Waals surface area (Å²) < 4.78 is 7.68.